The molecule has 0 aliphatic rings. The van der Waals surface area contributed by atoms with Crippen LogP contribution in [0.1, 0.15) is 20.4 Å². The Hall–Kier alpha value is -1.47. The number of carboxylic acid groups (broad SMARTS) is 1. The summed E-state index contributed by atoms with van der Waals surface area (Å²) in [6.07, 6.45) is 0. The first-order valence-electron chi connectivity index (χ1n) is 4.49. The summed E-state index contributed by atoms with van der Waals surface area (Å²) in [5.74, 6) is -1.31. The van der Waals surface area contributed by atoms with Crippen LogP contribution in [0.2, 0.25) is 0 Å². The van der Waals surface area contributed by atoms with Crippen LogP contribution in [0.5, 0.6) is 0 Å². The van der Waals surface area contributed by atoms with Crippen molar-refractivity contribution in [3.8, 4) is 0 Å². The molecule has 1 rings (SSSR count). The lowest BCUT2D eigenvalue weighted by molar-refractivity contribution is -0.124. The Balaban J connectivity index is 2.58. The fraction of sp³-hybridized carbons (Fsp3) is 0.444. The van der Waals surface area contributed by atoms with Gasteiger partial charge < -0.3 is 15.2 Å². The van der Waals surface area contributed by atoms with E-state index in [1.54, 1.807) is 6.92 Å². The summed E-state index contributed by atoms with van der Waals surface area (Å²) in [5, 5.41) is 11.9. The van der Waals surface area contributed by atoms with Crippen molar-refractivity contribution in [2.75, 3.05) is 13.7 Å². The predicted molar refractivity (Wildman–Crippen MR) is 57.5 cm³/mol. The van der Waals surface area contributed by atoms with E-state index in [9.17, 15) is 9.59 Å². The van der Waals surface area contributed by atoms with E-state index < -0.39 is 5.97 Å². The molecule has 0 aromatic carbocycles. The molecule has 1 aromatic rings. The van der Waals surface area contributed by atoms with Gasteiger partial charge in [0, 0.05) is 12.0 Å². The fourth-order valence-electron chi connectivity index (χ4n) is 1.08. The molecule has 2 N–H and O–H groups in total. The highest BCUT2D eigenvalue weighted by atomic mass is 32.1. The second-order valence-corrected chi connectivity index (χ2v) is 4.32. The number of nitrogens with zero attached hydrogens (tertiary/aromatic N) is 1. The number of hydrogen-bond donors (Lipinski definition) is 2. The van der Waals surface area contributed by atoms with Gasteiger partial charge in [0.05, 0.1) is 6.54 Å². The maximum absolute atomic E-state index is 11.1. The van der Waals surface area contributed by atoms with Gasteiger partial charge in [-0.1, -0.05) is 0 Å². The summed E-state index contributed by atoms with van der Waals surface area (Å²) in [4.78, 5) is 26.3. The second-order valence-electron chi connectivity index (χ2n) is 3.03. The Labute approximate surface area is 96.3 Å². The molecule has 6 nitrogen and oxygen atoms in total. The van der Waals surface area contributed by atoms with Crippen LogP contribution in [0.4, 0.5) is 0 Å². The predicted octanol–water partition coefficient (Wildman–Crippen LogP) is 0.412. The molecule has 0 fully saturated rings. The molecular weight excluding hydrogens is 232 g/mol. The first-order valence-corrected chi connectivity index (χ1v) is 5.31. The van der Waals surface area contributed by atoms with E-state index in [1.807, 2.05) is 0 Å². The topological polar surface area (TPSA) is 88.5 Å². The molecule has 0 spiro atoms. The van der Waals surface area contributed by atoms with Crippen LogP contribution in [0.25, 0.3) is 0 Å². The van der Waals surface area contributed by atoms with E-state index in [4.69, 9.17) is 5.11 Å². The number of nitrogens with one attached hydrogen (secondary N) is 1. The molecular formula is C9H12N2O4S. The molecule has 0 radical (unpaired) electrons. The molecule has 0 bridgehead atoms. The molecule has 0 atom stereocenters. The highest BCUT2D eigenvalue weighted by molar-refractivity contribution is 7.11. The van der Waals surface area contributed by atoms with E-state index in [0.29, 0.717) is 9.88 Å². The van der Waals surface area contributed by atoms with Crippen LogP contribution in [0.3, 0.4) is 0 Å². The molecule has 0 aliphatic carbocycles. The van der Waals surface area contributed by atoms with E-state index in [1.165, 1.54) is 18.4 Å². The van der Waals surface area contributed by atoms with Crippen molar-refractivity contribution in [2.24, 2.45) is 0 Å². The van der Waals surface area contributed by atoms with Crippen molar-refractivity contribution in [1.29, 1.82) is 0 Å². The third-order valence-corrected chi connectivity index (χ3v) is 2.73. The summed E-state index contributed by atoms with van der Waals surface area (Å²) in [7, 11) is 1.43. The first kappa shape index (κ1) is 12.6. The van der Waals surface area contributed by atoms with Crippen LogP contribution in [-0.2, 0) is 16.1 Å². The average molecular weight is 244 g/mol. The lowest BCUT2D eigenvalue weighted by atomic mass is 10.4. The number of methoxy groups -OCH3 is 1. The van der Waals surface area contributed by atoms with Gasteiger partial charge in [-0.05, 0) is 6.92 Å². The van der Waals surface area contributed by atoms with Crippen molar-refractivity contribution in [3.63, 3.8) is 0 Å². The zero-order valence-electron chi connectivity index (χ0n) is 8.94. The maximum atomic E-state index is 11.1. The summed E-state index contributed by atoms with van der Waals surface area (Å²) >= 11 is 1.26. The SMILES string of the molecule is COCC(=O)NCc1nc(C(=O)O)c(C)s1. The quantitative estimate of drug-likeness (QED) is 0.783. The zero-order valence-corrected chi connectivity index (χ0v) is 9.76. The largest absolute Gasteiger partial charge is 0.476 e. The summed E-state index contributed by atoms with van der Waals surface area (Å²) in [6.45, 7) is 1.89. The van der Waals surface area contributed by atoms with Crippen molar-refractivity contribution in [3.05, 3.63) is 15.6 Å². The van der Waals surface area contributed by atoms with E-state index in [0.717, 1.165) is 0 Å². The van der Waals surface area contributed by atoms with Gasteiger partial charge in [-0.2, -0.15) is 0 Å². The number of aromatic carboxylic acids is 1. The summed E-state index contributed by atoms with van der Waals surface area (Å²) < 4.78 is 4.64. The minimum Gasteiger partial charge on any atom is -0.476 e. The Morgan fingerprint density at radius 1 is 1.56 bits per heavy atom. The zero-order chi connectivity index (χ0) is 12.1. The lowest BCUT2D eigenvalue weighted by Gasteiger charge is -2.00. The molecule has 7 heteroatoms. The minimum atomic E-state index is -1.05. The van der Waals surface area contributed by atoms with Gasteiger partial charge in [0.25, 0.3) is 0 Å². The van der Waals surface area contributed by atoms with Crippen molar-refractivity contribution in [1.82, 2.24) is 10.3 Å². The van der Waals surface area contributed by atoms with Gasteiger partial charge in [-0.25, -0.2) is 9.78 Å². The van der Waals surface area contributed by atoms with Gasteiger partial charge >= 0.3 is 5.97 Å². The summed E-state index contributed by atoms with van der Waals surface area (Å²) in [5.41, 5.74) is 0.0426. The number of carbonyl (C=O) groups excluding carboxylic acids is 1. The maximum Gasteiger partial charge on any atom is 0.355 e. The molecule has 88 valence electrons. The van der Waals surface area contributed by atoms with Gasteiger partial charge in [0.15, 0.2) is 5.69 Å². The number of ether oxygens (including phenoxy) is 1. The molecule has 0 unspecified atom stereocenters. The Morgan fingerprint density at radius 2 is 2.25 bits per heavy atom. The number of hydrogen-bond acceptors (Lipinski definition) is 5. The second kappa shape index (κ2) is 5.57. The number of carbonyl (C=O) groups is 2. The highest BCUT2D eigenvalue weighted by Gasteiger charge is 2.14. The van der Waals surface area contributed by atoms with Gasteiger partial charge in [0.1, 0.15) is 11.6 Å². The Kier molecular flexibility index (Phi) is 4.39. The summed E-state index contributed by atoms with van der Waals surface area (Å²) in [6, 6.07) is 0. The number of amides is 1. The number of aromatic nitrogens is 1. The van der Waals surface area contributed by atoms with Crippen molar-refractivity contribution in [2.45, 2.75) is 13.5 Å². The smallest absolute Gasteiger partial charge is 0.355 e. The number of rotatable bonds is 5. The molecule has 1 amide bonds. The van der Waals surface area contributed by atoms with Gasteiger partial charge in [-0.15, -0.1) is 11.3 Å². The van der Waals surface area contributed by atoms with E-state index in [2.05, 4.69) is 15.0 Å². The van der Waals surface area contributed by atoms with Gasteiger partial charge in [-0.3, -0.25) is 4.79 Å². The normalized spacial score (nSPS) is 10.1. The Bertz CT molecular complexity index is 402. The lowest BCUT2D eigenvalue weighted by Crippen LogP contribution is -2.26. The number of aryl methyl sites for hydroxylation is 1. The van der Waals surface area contributed by atoms with Crippen LogP contribution < -0.4 is 5.32 Å². The highest BCUT2D eigenvalue weighted by Crippen LogP contribution is 2.17. The molecule has 0 aliphatic heterocycles. The average Bonchev–Trinajstić information content (AvgIpc) is 2.57. The van der Waals surface area contributed by atoms with Crippen molar-refractivity contribution < 1.29 is 19.4 Å². The third kappa shape index (κ3) is 3.28. The van der Waals surface area contributed by atoms with Crippen LogP contribution in [-0.4, -0.2) is 35.7 Å². The van der Waals surface area contributed by atoms with E-state index >= 15 is 0 Å². The fourth-order valence-corrected chi connectivity index (χ4v) is 1.95. The number of thiazole rings is 1. The van der Waals surface area contributed by atoms with Gasteiger partial charge in [0.2, 0.25) is 5.91 Å². The molecule has 0 saturated heterocycles. The Morgan fingerprint density at radius 3 is 2.75 bits per heavy atom. The van der Waals surface area contributed by atoms with Crippen LogP contribution in [0, 0.1) is 6.92 Å². The van der Waals surface area contributed by atoms with Crippen LogP contribution in [0.15, 0.2) is 0 Å². The van der Waals surface area contributed by atoms with Crippen molar-refractivity contribution >= 4 is 23.2 Å². The third-order valence-electron chi connectivity index (χ3n) is 1.76. The molecule has 1 aromatic heterocycles. The molecule has 1 heterocycles. The monoisotopic (exact) mass is 244 g/mol. The van der Waals surface area contributed by atoms with Crippen LogP contribution >= 0.6 is 11.3 Å². The molecule has 0 saturated carbocycles. The van der Waals surface area contributed by atoms with E-state index in [-0.39, 0.29) is 24.8 Å². The first-order chi connectivity index (χ1) is 7.54. The minimum absolute atomic E-state index is 0.0177. The molecule has 16 heavy (non-hydrogen) atoms. The number of carboxylic acids is 1. The standard InChI is InChI=1S/C9H12N2O4S/c1-5-8(9(13)14)11-7(16-5)3-10-6(12)4-15-2/h3-4H2,1-2H3,(H,10,12)(H,13,14).